The number of imidazole rings is 1. The summed E-state index contributed by atoms with van der Waals surface area (Å²) in [5, 5.41) is 0.660. The number of rotatable bonds is 3. The molecule has 0 amide bonds. The van der Waals surface area contributed by atoms with Gasteiger partial charge in [-0.05, 0) is 24.3 Å². The summed E-state index contributed by atoms with van der Waals surface area (Å²) in [7, 11) is 1.60. The molecule has 0 N–H and O–H groups in total. The normalized spacial score (nSPS) is 11.0. The first-order chi connectivity index (χ1) is 12.2. The van der Waals surface area contributed by atoms with E-state index in [0.717, 1.165) is 16.9 Å². The van der Waals surface area contributed by atoms with E-state index in [9.17, 15) is 4.79 Å². The number of benzene rings is 2. The van der Waals surface area contributed by atoms with Crippen molar-refractivity contribution in [3.8, 4) is 22.7 Å². The van der Waals surface area contributed by atoms with Crippen LogP contribution in [0.2, 0.25) is 5.02 Å². The molecule has 2 heterocycles. The highest BCUT2D eigenvalue weighted by Gasteiger charge is 2.10. The number of hydrogen-bond donors (Lipinski definition) is 0. The van der Waals surface area contributed by atoms with E-state index in [-0.39, 0.29) is 5.56 Å². The molecule has 0 fully saturated rings. The molecule has 4 aromatic rings. The number of hydrogen-bond acceptors (Lipinski definition) is 3. The van der Waals surface area contributed by atoms with Crippen LogP contribution in [0.25, 0.3) is 22.6 Å². The molecule has 0 spiro atoms. The van der Waals surface area contributed by atoms with Crippen molar-refractivity contribution in [3.05, 3.63) is 82.5 Å². The van der Waals surface area contributed by atoms with Crippen LogP contribution < -0.4 is 10.3 Å². The van der Waals surface area contributed by atoms with Gasteiger partial charge in [0, 0.05) is 35.2 Å². The zero-order valence-corrected chi connectivity index (χ0v) is 14.1. The molecule has 0 aliphatic heterocycles. The molecule has 4 rings (SSSR count). The van der Waals surface area contributed by atoms with Crippen LogP contribution in [0.1, 0.15) is 0 Å². The lowest BCUT2D eigenvalue weighted by molar-refractivity contribution is 0.414. The van der Waals surface area contributed by atoms with E-state index in [4.69, 9.17) is 16.3 Å². The van der Waals surface area contributed by atoms with Crippen molar-refractivity contribution in [2.75, 3.05) is 7.11 Å². The molecular weight excluding hydrogens is 338 g/mol. The summed E-state index contributed by atoms with van der Waals surface area (Å²) in [6.07, 6.45) is 5.36. The standard InChI is InChI=1S/C19H14ClN3O2/c1-25-16-4-2-3-15(11-16)23-10-9-22-12-17(21-18(22)19(23)24)13-5-7-14(20)8-6-13/h2-12H,1H3. The molecule has 0 aliphatic rings. The Balaban J connectivity index is 1.85. The molecule has 6 heteroatoms. The summed E-state index contributed by atoms with van der Waals surface area (Å²) >= 11 is 5.93. The summed E-state index contributed by atoms with van der Waals surface area (Å²) in [5.41, 5.74) is 2.51. The van der Waals surface area contributed by atoms with Crippen molar-refractivity contribution in [2.45, 2.75) is 0 Å². The minimum Gasteiger partial charge on any atom is -0.497 e. The Morgan fingerprint density at radius 2 is 1.88 bits per heavy atom. The van der Waals surface area contributed by atoms with Crippen molar-refractivity contribution < 1.29 is 4.74 Å². The Labute approximate surface area is 148 Å². The van der Waals surface area contributed by atoms with Gasteiger partial charge in [-0.2, -0.15) is 0 Å². The second-order valence-electron chi connectivity index (χ2n) is 5.54. The maximum atomic E-state index is 12.8. The van der Waals surface area contributed by atoms with Gasteiger partial charge in [0.25, 0.3) is 5.56 Å². The number of aromatic nitrogens is 3. The smallest absolute Gasteiger partial charge is 0.298 e. The van der Waals surface area contributed by atoms with Crippen LogP contribution in [0.4, 0.5) is 0 Å². The fraction of sp³-hybridized carbons (Fsp3) is 0.0526. The molecule has 0 saturated carbocycles. The van der Waals surface area contributed by atoms with Gasteiger partial charge in [-0.15, -0.1) is 0 Å². The number of nitrogens with zero attached hydrogens (tertiary/aromatic N) is 3. The van der Waals surface area contributed by atoms with Gasteiger partial charge >= 0.3 is 0 Å². The van der Waals surface area contributed by atoms with E-state index in [2.05, 4.69) is 4.98 Å². The highest BCUT2D eigenvalue weighted by molar-refractivity contribution is 6.30. The average molecular weight is 352 g/mol. The van der Waals surface area contributed by atoms with E-state index in [1.165, 1.54) is 0 Å². The van der Waals surface area contributed by atoms with Crippen LogP contribution in [0.3, 0.4) is 0 Å². The van der Waals surface area contributed by atoms with Crippen LogP contribution in [-0.2, 0) is 0 Å². The van der Waals surface area contributed by atoms with Gasteiger partial charge in [0.2, 0.25) is 5.65 Å². The molecule has 0 bridgehead atoms. The fourth-order valence-corrected chi connectivity index (χ4v) is 2.83. The first-order valence-corrected chi connectivity index (χ1v) is 8.04. The Bertz CT molecular complexity index is 1110. The summed E-state index contributed by atoms with van der Waals surface area (Å²) in [5.74, 6) is 0.689. The minimum atomic E-state index is -0.198. The summed E-state index contributed by atoms with van der Waals surface area (Å²) < 4.78 is 8.51. The van der Waals surface area contributed by atoms with Crippen molar-refractivity contribution in [2.24, 2.45) is 0 Å². The SMILES string of the molecule is COc1cccc(-n2ccn3cc(-c4ccc(Cl)cc4)nc3c2=O)c1. The lowest BCUT2D eigenvalue weighted by Crippen LogP contribution is -2.19. The summed E-state index contributed by atoms with van der Waals surface area (Å²) in [6, 6.07) is 14.7. The van der Waals surface area contributed by atoms with E-state index < -0.39 is 0 Å². The molecule has 5 nitrogen and oxygen atoms in total. The lowest BCUT2D eigenvalue weighted by Gasteiger charge is -2.07. The molecule has 0 unspecified atom stereocenters. The van der Waals surface area contributed by atoms with Crippen molar-refractivity contribution in [3.63, 3.8) is 0 Å². The van der Waals surface area contributed by atoms with Gasteiger partial charge in [-0.1, -0.05) is 29.8 Å². The van der Waals surface area contributed by atoms with Gasteiger partial charge in [0.1, 0.15) is 5.75 Å². The first kappa shape index (κ1) is 15.5. The monoisotopic (exact) mass is 351 g/mol. The maximum Gasteiger partial charge on any atom is 0.298 e. The van der Waals surface area contributed by atoms with Gasteiger partial charge in [-0.25, -0.2) is 4.98 Å². The lowest BCUT2D eigenvalue weighted by atomic mass is 10.2. The maximum absolute atomic E-state index is 12.8. The quantitative estimate of drug-likeness (QED) is 0.564. The van der Waals surface area contributed by atoms with Crippen LogP contribution in [0, 0.1) is 0 Å². The van der Waals surface area contributed by atoms with E-state index in [1.807, 2.05) is 42.7 Å². The minimum absolute atomic E-state index is 0.198. The average Bonchev–Trinajstić information content (AvgIpc) is 3.08. The van der Waals surface area contributed by atoms with Gasteiger partial charge < -0.3 is 9.14 Å². The van der Waals surface area contributed by atoms with Gasteiger partial charge in [-0.3, -0.25) is 9.36 Å². The third-order valence-electron chi connectivity index (χ3n) is 3.99. The topological polar surface area (TPSA) is 48.5 Å². The van der Waals surface area contributed by atoms with Gasteiger partial charge in [0.15, 0.2) is 0 Å². The van der Waals surface area contributed by atoms with Crippen molar-refractivity contribution in [1.82, 2.24) is 14.0 Å². The number of ether oxygens (including phenoxy) is 1. The summed E-state index contributed by atoms with van der Waals surface area (Å²) in [6.45, 7) is 0. The van der Waals surface area contributed by atoms with Crippen molar-refractivity contribution >= 4 is 17.2 Å². The second-order valence-corrected chi connectivity index (χ2v) is 5.98. The number of methoxy groups -OCH3 is 1. The number of fused-ring (bicyclic) bond motifs is 1. The zero-order valence-electron chi connectivity index (χ0n) is 13.4. The highest BCUT2D eigenvalue weighted by atomic mass is 35.5. The third kappa shape index (κ3) is 2.79. The molecule has 25 heavy (non-hydrogen) atoms. The van der Waals surface area contributed by atoms with Gasteiger partial charge in [0.05, 0.1) is 18.5 Å². The predicted octanol–water partition coefficient (Wildman–Crippen LogP) is 3.81. The molecule has 0 saturated heterocycles. The van der Waals surface area contributed by atoms with Crippen LogP contribution in [-0.4, -0.2) is 21.1 Å². The largest absolute Gasteiger partial charge is 0.497 e. The van der Waals surface area contributed by atoms with Crippen LogP contribution in [0.5, 0.6) is 5.75 Å². The highest BCUT2D eigenvalue weighted by Crippen LogP contribution is 2.21. The molecular formula is C19H14ClN3O2. The molecule has 0 aliphatic carbocycles. The number of halogens is 1. The Hall–Kier alpha value is -3.05. The molecule has 0 atom stereocenters. The molecule has 124 valence electrons. The molecule has 0 radical (unpaired) electrons. The Morgan fingerprint density at radius 1 is 1.08 bits per heavy atom. The first-order valence-electron chi connectivity index (χ1n) is 7.66. The van der Waals surface area contributed by atoms with E-state index >= 15 is 0 Å². The molecule has 2 aromatic carbocycles. The van der Waals surface area contributed by atoms with Crippen LogP contribution >= 0.6 is 11.6 Å². The van der Waals surface area contributed by atoms with E-state index in [0.29, 0.717) is 16.4 Å². The summed E-state index contributed by atoms with van der Waals surface area (Å²) in [4.78, 5) is 17.3. The second kappa shape index (κ2) is 6.11. The fourth-order valence-electron chi connectivity index (χ4n) is 2.70. The third-order valence-corrected chi connectivity index (χ3v) is 4.24. The Morgan fingerprint density at radius 3 is 2.64 bits per heavy atom. The zero-order chi connectivity index (χ0) is 17.4. The Kier molecular flexibility index (Phi) is 3.78. The van der Waals surface area contributed by atoms with Crippen LogP contribution in [0.15, 0.2) is 71.9 Å². The van der Waals surface area contributed by atoms with E-state index in [1.54, 1.807) is 40.5 Å². The van der Waals surface area contributed by atoms with Crippen molar-refractivity contribution in [1.29, 1.82) is 0 Å². The molecule has 2 aromatic heterocycles. The predicted molar refractivity (Wildman–Crippen MR) is 97.8 cm³/mol.